The van der Waals surface area contributed by atoms with Gasteiger partial charge in [-0.2, -0.15) is 0 Å². The van der Waals surface area contributed by atoms with E-state index >= 15 is 0 Å². The van der Waals surface area contributed by atoms with Crippen molar-refractivity contribution in [1.29, 1.82) is 0 Å². The molecule has 0 atom stereocenters. The van der Waals surface area contributed by atoms with E-state index in [2.05, 4.69) is 5.32 Å². The highest BCUT2D eigenvalue weighted by Gasteiger charge is 2.20. The van der Waals surface area contributed by atoms with Crippen molar-refractivity contribution in [1.82, 2.24) is 0 Å². The molecular formula is C13H10N2O5S. The van der Waals surface area contributed by atoms with Gasteiger partial charge in [0, 0.05) is 17.2 Å². The molecule has 0 saturated heterocycles. The first-order chi connectivity index (χ1) is 9.91. The number of nitrogens with zero attached hydrogens (tertiary/aromatic N) is 1. The van der Waals surface area contributed by atoms with Crippen LogP contribution in [0.25, 0.3) is 0 Å². The number of carbonyl (C=O) groups excluding carboxylic acids is 1. The number of nitrogens with one attached hydrogen (secondary N) is 1. The van der Waals surface area contributed by atoms with Crippen LogP contribution in [-0.2, 0) is 0 Å². The smallest absolute Gasteiger partial charge is 0.348 e. The Hall–Kier alpha value is -2.74. The molecule has 0 aliphatic rings. The van der Waals surface area contributed by atoms with Gasteiger partial charge in [-0.3, -0.25) is 14.9 Å². The number of benzene rings is 1. The summed E-state index contributed by atoms with van der Waals surface area (Å²) in [7, 11) is 0. The third-order valence-corrected chi connectivity index (χ3v) is 3.76. The molecule has 2 N–H and O–H groups in total. The number of nitro benzene ring substituents is 1. The summed E-state index contributed by atoms with van der Waals surface area (Å²) >= 11 is 0.985. The molecule has 0 spiro atoms. The zero-order chi connectivity index (χ0) is 15.6. The monoisotopic (exact) mass is 306 g/mol. The fourth-order valence-corrected chi connectivity index (χ4v) is 2.52. The summed E-state index contributed by atoms with van der Waals surface area (Å²) in [5.41, 5.74) is 0.369. The van der Waals surface area contributed by atoms with Crippen molar-refractivity contribution in [3.05, 3.63) is 55.8 Å². The number of carboxylic acid groups (broad SMARTS) is 1. The normalized spacial score (nSPS) is 10.1. The second-order valence-corrected chi connectivity index (χ2v) is 5.05. The number of carbonyl (C=O) groups is 2. The largest absolute Gasteiger partial charge is 0.477 e. The lowest BCUT2D eigenvalue weighted by atomic mass is 10.1. The van der Waals surface area contributed by atoms with E-state index in [-0.39, 0.29) is 27.4 Å². The van der Waals surface area contributed by atoms with E-state index in [1.165, 1.54) is 31.2 Å². The maximum atomic E-state index is 12.2. The van der Waals surface area contributed by atoms with Gasteiger partial charge in [-0.1, -0.05) is 6.07 Å². The number of thiophene rings is 1. The molecular weight excluding hydrogens is 296 g/mol. The topological polar surface area (TPSA) is 110 Å². The van der Waals surface area contributed by atoms with Crippen LogP contribution in [0.3, 0.4) is 0 Å². The van der Waals surface area contributed by atoms with Gasteiger partial charge in [0.1, 0.15) is 4.88 Å². The van der Waals surface area contributed by atoms with Gasteiger partial charge >= 0.3 is 5.97 Å². The van der Waals surface area contributed by atoms with Crippen molar-refractivity contribution in [2.45, 2.75) is 6.92 Å². The Labute approximate surface area is 123 Å². The summed E-state index contributed by atoms with van der Waals surface area (Å²) in [4.78, 5) is 33.4. The average Bonchev–Trinajstić information content (AvgIpc) is 2.86. The lowest BCUT2D eigenvalue weighted by Gasteiger charge is -2.07. The summed E-state index contributed by atoms with van der Waals surface area (Å²) in [5.74, 6) is -1.73. The third-order valence-electron chi connectivity index (χ3n) is 2.85. The molecule has 0 aliphatic carbocycles. The number of aromatic carboxylic acids is 1. The number of carboxylic acids is 1. The van der Waals surface area contributed by atoms with Crippen LogP contribution in [0.1, 0.15) is 25.6 Å². The first-order valence-electron chi connectivity index (χ1n) is 5.78. The zero-order valence-corrected chi connectivity index (χ0v) is 11.6. The molecule has 1 heterocycles. The highest BCUT2D eigenvalue weighted by molar-refractivity contribution is 7.12. The molecule has 0 bridgehead atoms. The van der Waals surface area contributed by atoms with Gasteiger partial charge in [-0.15, -0.1) is 11.3 Å². The molecule has 8 heteroatoms. The Morgan fingerprint density at radius 3 is 2.67 bits per heavy atom. The highest BCUT2D eigenvalue weighted by atomic mass is 32.1. The first kappa shape index (κ1) is 14.7. The minimum Gasteiger partial charge on any atom is -0.477 e. The Bertz CT molecular complexity index is 738. The van der Waals surface area contributed by atoms with Crippen LogP contribution in [0.4, 0.5) is 11.4 Å². The SMILES string of the molecule is Cc1c(C(=O)Nc2ccsc2C(=O)O)cccc1[N+](=O)[O-]. The van der Waals surface area contributed by atoms with Crippen molar-refractivity contribution in [3.8, 4) is 0 Å². The molecule has 2 rings (SSSR count). The minimum absolute atomic E-state index is 0.00596. The van der Waals surface area contributed by atoms with E-state index < -0.39 is 16.8 Å². The maximum absolute atomic E-state index is 12.2. The van der Waals surface area contributed by atoms with Gasteiger partial charge in [0.15, 0.2) is 0 Å². The Morgan fingerprint density at radius 2 is 2.05 bits per heavy atom. The number of hydrogen-bond acceptors (Lipinski definition) is 5. The molecule has 2 aromatic rings. The van der Waals surface area contributed by atoms with Gasteiger partial charge < -0.3 is 10.4 Å². The summed E-state index contributed by atoms with van der Waals surface area (Å²) < 4.78 is 0. The van der Waals surface area contributed by atoms with Crippen LogP contribution in [0, 0.1) is 17.0 Å². The van der Waals surface area contributed by atoms with Crippen LogP contribution >= 0.6 is 11.3 Å². The molecule has 1 aromatic carbocycles. The average molecular weight is 306 g/mol. The molecule has 108 valence electrons. The van der Waals surface area contributed by atoms with E-state index in [0.29, 0.717) is 0 Å². The summed E-state index contributed by atoms with van der Waals surface area (Å²) in [5, 5.41) is 23.8. The molecule has 1 amide bonds. The van der Waals surface area contributed by atoms with E-state index in [1.807, 2.05) is 0 Å². The molecule has 0 unspecified atom stereocenters. The van der Waals surface area contributed by atoms with Gasteiger partial charge in [0.05, 0.1) is 10.6 Å². The second kappa shape index (κ2) is 5.71. The molecule has 0 aliphatic heterocycles. The number of amides is 1. The van der Waals surface area contributed by atoms with Gasteiger partial charge in [-0.05, 0) is 24.4 Å². The van der Waals surface area contributed by atoms with Crippen molar-refractivity contribution in [2.24, 2.45) is 0 Å². The van der Waals surface area contributed by atoms with Crippen LogP contribution in [0.2, 0.25) is 0 Å². The molecule has 7 nitrogen and oxygen atoms in total. The minimum atomic E-state index is -1.14. The Balaban J connectivity index is 2.33. The van der Waals surface area contributed by atoms with Crippen molar-refractivity contribution < 1.29 is 19.6 Å². The predicted molar refractivity (Wildman–Crippen MR) is 77.1 cm³/mol. The lowest BCUT2D eigenvalue weighted by molar-refractivity contribution is -0.385. The van der Waals surface area contributed by atoms with Crippen molar-refractivity contribution in [2.75, 3.05) is 5.32 Å². The summed E-state index contributed by atoms with van der Waals surface area (Å²) in [6.07, 6.45) is 0. The highest BCUT2D eigenvalue weighted by Crippen LogP contribution is 2.25. The van der Waals surface area contributed by atoms with Crippen LogP contribution in [0.15, 0.2) is 29.6 Å². The Kier molecular flexibility index (Phi) is 3.99. The van der Waals surface area contributed by atoms with E-state index in [4.69, 9.17) is 5.11 Å². The van der Waals surface area contributed by atoms with Crippen molar-refractivity contribution in [3.63, 3.8) is 0 Å². The Morgan fingerprint density at radius 1 is 1.33 bits per heavy atom. The molecule has 0 fully saturated rings. The van der Waals surface area contributed by atoms with Crippen LogP contribution in [-0.4, -0.2) is 21.9 Å². The third kappa shape index (κ3) is 2.90. The van der Waals surface area contributed by atoms with Gasteiger partial charge in [0.2, 0.25) is 0 Å². The predicted octanol–water partition coefficient (Wildman–Crippen LogP) is 2.92. The van der Waals surface area contributed by atoms with Gasteiger partial charge in [0.25, 0.3) is 11.6 Å². The molecule has 0 saturated carbocycles. The lowest BCUT2D eigenvalue weighted by Crippen LogP contribution is -2.15. The zero-order valence-electron chi connectivity index (χ0n) is 10.8. The van der Waals surface area contributed by atoms with Gasteiger partial charge in [-0.25, -0.2) is 4.79 Å². The second-order valence-electron chi connectivity index (χ2n) is 4.13. The fourth-order valence-electron chi connectivity index (χ4n) is 1.83. The quantitative estimate of drug-likeness (QED) is 0.666. The summed E-state index contributed by atoms with van der Waals surface area (Å²) in [6.45, 7) is 1.47. The number of anilines is 1. The van der Waals surface area contributed by atoms with Crippen LogP contribution < -0.4 is 5.32 Å². The fraction of sp³-hybridized carbons (Fsp3) is 0.0769. The number of nitro groups is 1. The van der Waals surface area contributed by atoms with Crippen LogP contribution in [0.5, 0.6) is 0 Å². The first-order valence-corrected chi connectivity index (χ1v) is 6.66. The van der Waals surface area contributed by atoms with Crippen molar-refractivity contribution >= 4 is 34.6 Å². The maximum Gasteiger partial charge on any atom is 0.348 e. The van der Waals surface area contributed by atoms with E-state index in [0.717, 1.165) is 11.3 Å². The molecule has 21 heavy (non-hydrogen) atoms. The molecule has 0 radical (unpaired) electrons. The standard InChI is InChI=1S/C13H10N2O5S/c1-7-8(3-2-4-10(7)15(19)20)12(16)14-9-5-6-21-11(9)13(17)18/h2-6H,1H3,(H,14,16)(H,17,18). The number of hydrogen-bond donors (Lipinski definition) is 2. The number of rotatable bonds is 4. The van der Waals surface area contributed by atoms with E-state index in [9.17, 15) is 19.7 Å². The summed E-state index contributed by atoms with van der Waals surface area (Å²) in [6, 6.07) is 5.63. The molecule has 1 aromatic heterocycles. The van der Waals surface area contributed by atoms with E-state index in [1.54, 1.807) is 5.38 Å².